The third-order valence-electron chi connectivity index (χ3n) is 2.42. The van der Waals surface area contributed by atoms with Gasteiger partial charge in [-0.05, 0) is 39.8 Å². The van der Waals surface area contributed by atoms with Crippen LogP contribution >= 0.6 is 0 Å². The third kappa shape index (κ3) is 2.01. The van der Waals surface area contributed by atoms with Crippen molar-refractivity contribution < 1.29 is 4.74 Å². The monoisotopic (exact) mass is 204 g/mol. The second-order valence-electron chi connectivity index (χ2n) is 4.60. The fraction of sp³-hybridized carbons (Fsp3) is 0.500. The number of hydrogen-bond acceptors (Lipinski definition) is 3. The summed E-state index contributed by atoms with van der Waals surface area (Å²) in [5, 5.41) is 0. The van der Waals surface area contributed by atoms with Crippen molar-refractivity contribution >= 4 is 5.90 Å². The topological polar surface area (TPSA) is 34.5 Å². The van der Waals surface area contributed by atoms with E-state index in [4.69, 9.17) is 4.74 Å². The number of pyridine rings is 1. The van der Waals surface area contributed by atoms with Gasteiger partial charge in [-0.25, -0.2) is 4.99 Å². The minimum absolute atomic E-state index is 0.105. The fourth-order valence-corrected chi connectivity index (χ4v) is 1.63. The molecule has 1 aliphatic heterocycles. The Morgan fingerprint density at radius 3 is 2.53 bits per heavy atom. The Kier molecular flexibility index (Phi) is 2.25. The summed E-state index contributed by atoms with van der Waals surface area (Å²) >= 11 is 0. The molecular formula is C12H16N2O. The lowest BCUT2D eigenvalue weighted by Gasteiger charge is -2.07. The smallest absolute Gasteiger partial charge is 0.218 e. The quantitative estimate of drug-likeness (QED) is 0.703. The van der Waals surface area contributed by atoms with Crippen LogP contribution in [-0.4, -0.2) is 23.0 Å². The number of nitrogens with zero attached hydrogens (tertiary/aromatic N) is 2. The molecule has 0 N–H and O–H groups in total. The summed E-state index contributed by atoms with van der Waals surface area (Å²) < 4.78 is 5.58. The van der Waals surface area contributed by atoms with Crippen LogP contribution in [0, 0.1) is 13.8 Å². The number of ether oxygens (including phenoxy) is 1. The first-order chi connectivity index (χ1) is 6.98. The third-order valence-corrected chi connectivity index (χ3v) is 2.42. The van der Waals surface area contributed by atoms with Crippen molar-refractivity contribution in [1.82, 2.24) is 4.98 Å². The summed E-state index contributed by atoms with van der Waals surface area (Å²) in [6, 6.07) is 4.01. The Balaban J connectivity index is 2.39. The van der Waals surface area contributed by atoms with E-state index in [1.165, 1.54) is 0 Å². The minimum Gasteiger partial charge on any atom is -0.475 e. The first kappa shape index (κ1) is 10.1. The maximum atomic E-state index is 5.58. The Labute approximate surface area is 90.2 Å². The van der Waals surface area contributed by atoms with E-state index in [0.717, 1.165) is 22.8 Å². The average Bonchev–Trinajstić information content (AvgIpc) is 2.46. The van der Waals surface area contributed by atoms with Gasteiger partial charge in [-0.3, -0.25) is 4.98 Å². The van der Waals surface area contributed by atoms with E-state index in [2.05, 4.69) is 23.8 Å². The van der Waals surface area contributed by atoms with Crippen molar-refractivity contribution in [2.24, 2.45) is 4.99 Å². The molecular weight excluding hydrogens is 188 g/mol. The molecule has 1 aromatic heterocycles. The van der Waals surface area contributed by atoms with Crippen LogP contribution in [0.15, 0.2) is 17.1 Å². The molecule has 0 aromatic carbocycles. The highest BCUT2D eigenvalue weighted by atomic mass is 16.5. The van der Waals surface area contributed by atoms with Crippen LogP contribution < -0.4 is 0 Å². The van der Waals surface area contributed by atoms with Crippen LogP contribution in [0.4, 0.5) is 0 Å². The molecule has 0 spiro atoms. The van der Waals surface area contributed by atoms with E-state index in [1.807, 2.05) is 26.0 Å². The number of aromatic nitrogens is 1. The number of hydrogen-bond donors (Lipinski definition) is 0. The maximum Gasteiger partial charge on any atom is 0.218 e. The first-order valence-electron chi connectivity index (χ1n) is 5.15. The molecule has 1 aliphatic rings. The van der Waals surface area contributed by atoms with Gasteiger partial charge >= 0.3 is 0 Å². The molecule has 0 saturated carbocycles. The summed E-state index contributed by atoms with van der Waals surface area (Å²) in [7, 11) is 0. The second kappa shape index (κ2) is 3.33. The van der Waals surface area contributed by atoms with Crippen LogP contribution in [-0.2, 0) is 4.74 Å². The molecule has 0 unspecified atom stereocenters. The lowest BCUT2D eigenvalue weighted by atomic mass is 10.1. The van der Waals surface area contributed by atoms with E-state index in [9.17, 15) is 0 Å². The van der Waals surface area contributed by atoms with E-state index in [-0.39, 0.29) is 5.54 Å². The zero-order valence-electron chi connectivity index (χ0n) is 9.66. The van der Waals surface area contributed by atoms with E-state index in [1.54, 1.807) is 0 Å². The van der Waals surface area contributed by atoms with Gasteiger partial charge in [-0.1, -0.05) is 0 Å². The van der Waals surface area contributed by atoms with E-state index < -0.39 is 0 Å². The normalized spacial score (nSPS) is 18.5. The predicted molar refractivity (Wildman–Crippen MR) is 60.3 cm³/mol. The van der Waals surface area contributed by atoms with Gasteiger partial charge in [-0.15, -0.1) is 0 Å². The van der Waals surface area contributed by atoms with Crippen LogP contribution in [0.3, 0.4) is 0 Å². The van der Waals surface area contributed by atoms with Gasteiger partial charge in [0.2, 0.25) is 5.90 Å². The van der Waals surface area contributed by atoms with Crippen LogP contribution in [0.2, 0.25) is 0 Å². The van der Waals surface area contributed by atoms with Crippen LogP contribution in [0.1, 0.15) is 30.8 Å². The van der Waals surface area contributed by atoms with Crippen molar-refractivity contribution in [2.45, 2.75) is 33.2 Å². The highest BCUT2D eigenvalue weighted by Gasteiger charge is 2.27. The highest BCUT2D eigenvalue weighted by molar-refractivity contribution is 5.96. The number of rotatable bonds is 1. The summed E-state index contributed by atoms with van der Waals surface area (Å²) in [5.41, 5.74) is 2.90. The van der Waals surface area contributed by atoms with Gasteiger partial charge in [0.15, 0.2) is 0 Å². The Bertz CT molecular complexity index is 422. The molecule has 0 bridgehead atoms. The minimum atomic E-state index is -0.105. The summed E-state index contributed by atoms with van der Waals surface area (Å²) in [5.74, 6) is 0.727. The summed E-state index contributed by atoms with van der Waals surface area (Å²) in [4.78, 5) is 8.94. The molecule has 0 atom stereocenters. The molecule has 0 aliphatic carbocycles. The summed E-state index contributed by atoms with van der Waals surface area (Å²) in [6.07, 6.45) is 0. The maximum absolute atomic E-state index is 5.58. The molecule has 0 radical (unpaired) electrons. The van der Waals surface area contributed by atoms with Crippen molar-refractivity contribution in [3.63, 3.8) is 0 Å². The fourth-order valence-electron chi connectivity index (χ4n) is 1.63. The Morgan fingerprint density at radius 1 is 1.27 bits per heavy atom. The lowest BCUT2D eigenvalue weighted by molar-refractivity contribution is 0.279. The highest BCUT2D eigenvalue weighted by Crippen LogP contribution is 2.21. The Morgan fingerprint density at radius 2 is 2.00 bits per heavy atom. The van der Waals surface area contributed by atoms with Gasteiger partial charge in [0.1, 0.15) is 6.61 Å². The predicted octanol–water partition coefficient (Wildman–Crippen LogP) is 2.25. The molecule has 15 heavy (non-hydrogen) atoms. The molecule has 2 heterocycles. The SMILES string of the molecule is Cc1ccc(C2=NC(C)(C)CO2)c(C)n1. The molecule has 1 aromatic rings. The van der Waals surface area contributed by atoms with Gasteiger partial charge in [-0.2, -0.15) is 0 Å². The second-order valence-corrected chi connectivity index (χ2v) is 4.60. The van der Waals surface area contributed by atoms with Crippen LogP contribution in [0.25, 0.3) is 0 Å². The molecule has 80 valence electrons. The van der Waals surface area contributed by atoms with Gasteiger partial charge < -0.3 is 4.74 Å². The standard InChI is InChI=1S/C12H16N2O/c1-8-5-6-10(9(2)13-8)11-14-12(3,4)7-15-11/h5-6H,7H2,1-4H3. The van der Waals surface area contributed by atoms with Crippen LogP contribution in [0.5, 0.6) is 0 Å². The molecule has 0 saturated heterocycles. The molecule has 0 amide bonds. The van der Waals surface area contributed by atoms with Crippen molar-refractivity contribution in [3.05, 3.63) is 29.1 Å². The van der Waals surface area contributed by atoms with E-state index >= 15 is 0 Å². The van der Waals surface area contributed by atoms with Crippen molar-refractivity contribution in [3.8, 4) is 0 Å². The molecule has 0 fully saturated rings. The van der Waals surface area contributed by atoms with Gasteiger partial charge in [0.05, 0.1) is 16.8 Å². The summed E-state index contributed by atoms with van der Waals surface area (Å²) in [6.45, 7) is 8.75. The molecule has 2 rings (SSSR count). The van der Waals surface area contributed by atoms with Crippen molar-refractivity contribution in [1.29, 1.82) is 0 Å². The lowest BCUT2D eigenvalue weighted by Crippen LogP contribution is -2.17. The van der Waals surface area contributed by atoms with E-state index in [0.29, 0.717) is 6.61 Å². The number of aliphatic imine (C=N–C) groups is 1. The molecule has 3 nitrogen and oxygen atoms in total. The first-order valence-corrected chi connectivity index (χ1v) is 5.15. The average molecular weight is 204 g/mol. The Hall–Kier alpha value is -1.38. The van der Waals surface area contributed by atoms with Gasteiger partial charge in [0.25, 0.3) is 0 Å². The van der Waals surface area contributed by atoms with Gasteiger partial charge in [0, 0.05) is 5.69 Å². The van der Waals surface area contributed by atoms with Crippen molar-refractivity contribution in [2.75, 3.05) is 6.61 Å². The molecule has 3 heteroatoms. The largest absolute Gasteiger partial charge is 0.475 e. The zero-order valence-corrected chi connectivity index (χ0v) is 9.66. The number of aryl methyl sites for hydroxylation is 2. The zero-order chi connectivity index (χ0) is 11.1.